The maximum Gasteiger partial charge on any atom is 0.222 e. The number of hydrogen-bond donors (Lipinski definition) is 1. The summed E-state index contributed by atoms with van der Waals surface area (Å²) >= 11 is 0. The molecule has 4 heteroatoms. The van der Waals surface area contributed by atoms with Crippen molar-refractivity contribution in [3.63, 3.8) is 0 Å². The summed E-state index contributed by atoms with van der Waals surface area (Å²) in [5.74, 6) is 1.10. The van der Waals surface area contributed by atoms with E-state index < -0.39 is 0 Å². The van der Waals surface area contributed by atoms with Crippen molar-refractivity contribution in [2.24, 2.45) is 5.92 Å². The van der Waals surface area contributed by atoms with Gasteiger partial charge >= 0.3 is 0 Å². The minimum Gasteiger partial charge on any atom is -0.339 e. The minimum atomic E-state index is 0. The van der Waals surface area contributed by atoms with E-state index in [1.54, 1.807) is 0 Å². The van der Waals surface area contributed by atoms with E-state index in [1.807, 2.05) is 6.92 Å². The molecule has 0 spiro atoms. The fraction of sp³-hybridized carbons (Fsp3) is 0.917. The second-order valence-corrected chi connectivity index (χ2v) is 4.82. The van der Waals surface area contributed by atoms with E-state index in [9.17, 15) is 4.79 Å². The number of nitrogens with zero attached hydrogens (tertiary/aromatic N) is 1. The summed E-state index contributed by atoms with van der Waals surface area (Å²) in [7, 11) is 0. The Morgan fingerprint density at radius 1 is 1.25 bits per heavy atom. The van der Waals surface area contributed by atoms with E-state index in [2.05, 4.69) is 10.2 Å². The first-order valence-electron chi connectivity index (χ1n) is 6.31. The largest absolute Gasteiger partial charge is 0.339 e. The summed E-state index contributed by atoms with van der Waals surface area (Å²) in [5.41, 5.74) is 0. The molecule has 1 amide bonds. The number of amides is 1. The van der Waals surface area contributed by atoms with Crippen LogP contribution >= 0.6 is 12.4 Å². The van der Waals surface area contributed by atoms with Crippen molar-refractivity contribution >= 4 is 18.3 Å². The highest BCUT2D eigenvalue weighted by Crippen LogP contribution is 2.29. The van der Waals surface area contributed by atoms with Crippen LogP contribution in [0.1, 0.15) is 39.0 Å². The van der Waals surface area contributed by atoms with Crippen molar-refractivity contribution < 1.29 is 4.79 Å². The van der Waals surface area contributed by atoms with E-state index >= 15 is 0 Å². The lowest BCUT2D eigenvalue weighted by Crippen LogP contribution is -2.40. The molecule has 1 aliphatic heterocycles. The molecule has 0 unspecified atom stereocenters. The Morgan fingerprint density at radius 2 is 1.88 bits per heavy atom. The van der Waals surface area contributed by atoms with Gasteiger partial charge in [-0.2, -0.15) is 0 Å². The molecule has 3 nitrogen and oxygen atoms in total. The third-order valence-electron chi connectivity index (χ3n) is 3.52. The van der Waals surface area contributed by atoms with Crippen molar-refractivity contribution in [2.75, 3.05) is 19.6 Å². The SMILES string of the molecule is CCC(=O)N(CC1CCNCC1)C1CC1.Cl. The molecular weight excluding hydrogens is 224 g/mol. The van der Waals surface area contributed by atoms with Crippen molar-refractivity contribution in [1.29, 1.82) is 0 Å². The highest BCUT2D eigenvalue weighted by Gasteiger charge is 2.33. The number of carbonyl (C=O) groups excluding carboxylic acids is 1. The van der Waals surface area contributed by atoms with Crippen LogP contribution in [0.3, 0.4) is 0 Å². The number of nitrogens with one attached hydrogen (secondary N) is 1. The fourth-order valence-electron chi connectivity index (χ4n) is 2.39. The van der Waals surface area contributed by atoms with Gasteiger partial charge in [0.25, 0.3) is 0 Å². The molecule has 16 heavy (non-hydrogen) atoms. The monoisotopic (exact) mass is 246 g/mol. The Bertz CT molecular complexity index is 225. The average Bonchev–Trinajstić information content (AvgIpc) is 3.10. The highest BCUT2D eigenvalue weighted by molar-refractivity contribution is 5.85. The zero-order chi connectivity index (χ0) is 10.7. The number of rotatable bonds is 4. The van der Waals surface area contributed by atoms with Gasteiger partial charge in [-0.05, 0) is 44.7 Å². The number of piperidine rings is 1. The van der Waals surface area contributed by atoms with Gasteiger partial charge in [0.15, 0.2) is 0 Å². The van der Waals surface area contributed by atoms with Gasteiger partial charge in [0.2, 0.25) is 5.91 Å². The van der Waals surface area contributed by atoms with E-state index in [0.717, 1.165) is 25.6 Å². The average molecular weight is 247 g/mol. The Kier molecular flexibility index (Phi) is 5.56. The predicted octanol–water partition coefficient (Wildman–Crippen LogP) is 1.81. The zero-order valence-corrected chi connectivity index (χ0v) is 10.9. The molecule has 0 radical (unpaired) electrons. The van der Waals surface area contributed by atoms with Crippen LogP contribution in [0.25, 0.3) is 0 Å². The second-order valence-electron chi connectivity index (χ2n) is 4.82. The van der Waals surface area contributed by atoms with Crippen LogP contribution in [0.15, 0.2) is 0 Å². The Morgan fingerprint density at radius 3 is 2.38 bits per heavy atom. The summed E-state index contributed by atoms with van der Waals surface area (Å²) in [5, 5.41) is 3.37. The molecule has 2 fully saturated rings. The van der Waals surface area contributed by atoms with Crippen LogP contribution in [-0.4, -0.2) is 36.5 Å². The molecule has 1 saturated carbocycles. The van der Waals surface area contributed by atoms with Crippen LogP contribution in [-0.2, 0) is 4.79 Å². The molecule has 1 aliphatic carbocycles. The maximum atomic E-state index is 11.8. The lowest BCUT2D eigenvalue weighted by molar-refractivity contribution is -0.132. The zero-order valence-electron chi connectivity index (χ0n) is 10.1. The molecule has 1 N–H and O–H groups in total. The van der Waals surface area contributed by atoms with E-state index in [0.29, 0.717) is 18.4 Å². The summed E-state index contributed by atoms with van der Waals surface area (Å²) in [6.45, 7) is 5.24. The van der Waals surface area contributed by atoms with E-state index in [1.165, 1.54) is 25.7 Å². The minimum absolute atomic E-state index is 0. The van der Waals surface area contributed by atoms with Gasteiger partial charge < -0.3 is 10.2 Å². The second kappa shape index (κ2) is 6.45. The summed E-state index contributed by atoms with van der Waals surface area (Å²) in [6.07, 6.45) is 5.61. The number of hydrogen-bond acceptors (Lipinski definition) is 2. The van der Waals surface area contributed by atoms with Gasteiger partial charge in [0.1, 0.15) is 0 Å². The highest BCUT2D eigenvalue weighted by atomic mass is 35.5. The van der Waals surface area contributed by atoms with E-state index in [4.69, 9.17) is 0 Å². The van der Waals surface area contributed by atoms with Crippen LogP contribution < -0.4 is 5.32 Å². The first-order chi connectivity index (χ1) is 7.31. The molecule has 2 aliphatic rings. The molecule has 94 valence electrons. The van der Waals surface area contributed by atoms with Crippen LogP contribution in [0.4, 0.5) is 0 Å². The summed E-state index contributed by atoms with van der Waals surface area (Å²) in [6, 6.07) is 0.590. The molecule has 0 aromatic carbocycles. The van der Waals surface area contributed by atoms with Crippen molar-refractivity contribution in [3.05, 3.63) is 0 Å². The van der Waals surface area contributed by atoms with Gasteiger partial charge in [-0.25, -0.2) is 0 Å². The Balaban J connectivity index is 0.00000128. The molecule has 0 aromatic rings. The van der Waals surface area contributed by atoms with E-state index in [-0.39, 0.29) is 12.4 Å². The molecule has 2 rings (SSSR count). The van der Waals surface area contributed by atoms with Crippen molar-refractivity contribution in [2.45, 2.75) is 45.1 Å². The maximum absolute atomic E-state index is 11.8. The Hall–Kier alpha value is -0.280. The quantitative estimate of drug-likeness (QED) is 0.821. The lowest BCUT2D eigenvalue weighted by Gasteiger charge is -2.30. The van der Waals surface area contributed by atoms with Crippen molar-refractivity contribution in [1.82, 2.24) is 10.2 Å². The van der Waals surface area contributed by atoms with Gasteiger partial charge in [0.05, 0.1) is 0 Å². The number of carbonyl (C=O) groups is 1. The number of halogens is 1. The molecule has 1 heterocycles. The molecular formula is C12H23ClN2O. The fourth-order valence-corrected chi connectivity index (χ4v) is 2.39. The molecule has 0 bridgehead atoms. The first-order valence-corrected chi connectivity index (χ1v) is 6.31. The third-order valence-corrected chi connectivity index (χ3v) is 3.52. The summed E-state index contributed by atoms with van der Waals surface area (Å²) in [4.78, 5) is 13.9. The molecule has 1 saturated heterocycles. The van der Waals surface area contributed by atoms with Crippen LogP contribution in [0.5, 0.6) is 0 Å². The van der Waals surface area contributed by atoms with Crippen LogP contribution in [0.2, 0.25) is 0 Å². The van der Waals surface area contributed by atoms with Gasteiger partial charge in [-0.3, -0.25) is 4.79 Å². The standard InChI is InChI=1S/C12H22N2O.ClH/c1-2-12(15)14(11-3-4-11)9-10-5-7-13-8-6-10;/h10-11,13H,2-9H2,1H3;1H. The lowest BCUT2D eigenvalue weighted by atomic mass is 9.97. The van der Waals surface area contributed by atoms with Gasteiger partial charge in [0, 0.05) is 19.0 Å². The molecule has 0 atom stereocenters. The first kappa shape index (κ1) is 13.8. The van der Waals surface area contributed by atoms with Gasteiger partial charge in [-0.1, -0.05) is 6.92 Å². The predicted molar refractivity (Wildman–Crippen MR) is 67.9 cm³/mol. The summed E-state index contributed by atoms with van der Waals surface area (Å²) < 4.78 is 0. The van der Waals surface area contributed by atoms with Crippen LogP contribution in [0, 0.1) is 5.92 Å². The third kappa shape index (κ3) is 3.63. The van der Waals surface area contributed by atoms with Gasteiger partial charge in [-0.15, -0.1) is 12.4 Å². The molecule has 0 aromatic heterocycles. The Labute approximate surface area is 104 Å². The normalized spacial score (nSPS) is 21.3. The smallest absolute Gasteiger partial charge is 0.222 e. The topological polar surface area (TPSA) is 32.3 Å². The van der Waals surface area contributed by atoms with Crippen molar-refractivity contribution in [3.8, 4) is 0 Å².